The molecule has 1 atom stereocenters. The average molecular weight is 217 g/mol. The van der Waals surface area contributed by atoms with E-state index >= 15 is 0 Å². The summed E-state index contributed by atoms with van der Waals surface area (Å²) in [4.78, 5) is 0. The van der Waals surface area contributed by atoms with Gasteiger partial charge in [0.2, 0.25) is 0 Å². The van der Waals surface area contributed by atoms with Gasteiger partial charge in [-0.05, 0) is 48.8 Å². The summed E-state index contributed by atoms with van der Waals surface area (Å²) in [6.07, 6.45) is 4.04. The summed E-state index contributed by atoms with van der Waals surface area (Å²) in [5.74, 6) is 1.87. The highest BCUT2D eigenvalue weighted by molar-refractivity contribution is 5.22. The monoisotopic (exact) mass is 217 g/mol. The Kier molecular flexibility index (Phi) is 4.00. The summed E-state index contributed by atoms with van der Waals surface area (Å²) in [6.45, 7) is 6.75. The fraction of sp³-hybridized carbons (Fsp3) is 0.600. The molecule has 0 aliphatic heterocycles. The Morgan fingerprint density at radius 3 is 2.38 bits per heavy atom. The molecule has 1 fully saturated rings. The lowest BCUT2D eigenvalue weighted by molar-refractivity contribution is 0.461. The van der Waals surface area contributed by atoms with Crippen LogP contribution in [0.25, 0.3) is 0 Å². The number of benzene rings is 1. The molecule has 1 saturated carbocycles. The van der Waals surface area contributed by atoms with Crippen molar-refractivity contribution in [1.82, 2.24) is 5.32 Å². The summed E-state index contributed by atoms with van der Waals surface area (Å²) in [5, 5.41) is 3.56. The van der Waals surface area contributed by atoms with Crippen LogP contribution in [0.15, 0.2) is 24.3 Å². The molecule has 1 unspecified atom stereocenters. The molecule has 16 heavy (non-hydrogen) atoms. The number of rotatable bonds is 6. The third kappa shape index (κ3) is 3.34. The summed E-state index contributed by atoms with van der Waals surface area (Å²) in [6, 6.07) is 8.96. The van der Waals surface area contributed by atoms with Gasteiger partial charge in [-0.2, -0.15) is 0 Å². The van der Waals surface area contributed by atoms with Crippen LogP contribution in [0, 0.1) is 11.8 Å². The molecule has 1 aliphatic rings. The minimum atomic E-state index is 0.856. The zero-order valence-corrected chi connectivity index (χ0v) is 10.5. The Labute approximate surface area is 99.3 Å². The Balaban J connectivity index is 1.71. The molecule has 0 saturated heterocycles. The van der Waals surface area contributed by atoms with Crippen LogP contribution in [0.5, 0.6) is 0 Å². The standard InChI is InChI=1S/C15H23N/c1-3-13-4-6-14(7-5-13)11-16-10-12(2)15-8-9-15/h4-7,12,15-16H,3,8-11H2,1-2H3. The predicted molar refractivity (Wildman–Crippen MR) is 69.4 cm³/mol. The van der Waals surface area contributed by atoms with Gasteiger partial charge in [0.1, 0.15) is 0 Å². The first kappa shape index (κ1) is 11.7. The Morgan fingerprint density at radius 1 is 1.19 bits per heavy atom. The molecule has 0 spiro atoms. The number of nitrogens with one attached hydrogen (secondary N) is 1. The molecule has 1 aromatic rings. The van der Waals surface area contributed by atoms with Crippen molar-refractivity contribution >= 4 is 0 Å². The van der Waals surface area contributed by atoms with Gasteiger partial charge < -0.3 is 5.32 Å². The molecule has 1 aromatic carbocycles. The molecule has 1 heteroatoms. The molecule has 1 N–H and O–H groups in total. The third-order valence-electron chi connectivity index (χ3n) is 3.65. The van der Waals surface area contributed by atoms with E-state index in [4.69, 9.17) is 0 Å². The van der Waals surface area contributed by atoms with Gasteiger partial charge >= 0.3 is 0 Å². The van der Waals surface area contributed by atoms with E-state index in [1.165, 1.54) is 30.5 Å². The summed E-state index contributed by atoms with van der Waals surface area (Å²) in [5.41, 5.74) is 2.83. The first-order valence-corrected chi connectivity index (χ1v) is 6.58. The van der Waals surface area contributed by atoms with E-state index in [0.717, 1.165) is 24.8 Å². The van der Waals surface area contributed by atoms with E-state index in [1.54, 1.807) is 0 Å². The second-order valence-corrected chi connectivity index (χ2v) is 5.12. The van der Waals surface area contributed by atoms with Crippen LogP contribution < -0.4 is 5.32 Å². The van der Waals surface area contributed by atoms with E-state index in [-0.39, 0.29) is 0 Å². The fourth-order valence-electron chi connectivity index (χ4n) is 2.17. The van der Waals surface area contributed by atoms with Crippen molar-refractivity contribution in [3.05, 3.63) is 35.4 Å². The zero-order chi connectivity index (χ0) is 11.4. The molecule has 0 amide bonds. The van der Waals surface area contributed by atoms with Crippen molar-refractivity contribution in [2.45, 2.75) is 39.7 Å². The molecular weight excluding hydrogens is 194 g/mol. The number of hydrogen-bond acceptors (Lipinski definition) is 1. The summed E-state index contributed by atoms with van der Waals surface area (Å²) in [7, 11) is 0. The lowest BCUT2D eigenvalue weighted by Crippen LogP contribution is -2.21. The minimum absolute atomic E-state index is 0.856. The topological polar surface area (TPSA) is 12.0 Å². The summed E-state index contributed by atoms with van der Waals surface area (Å²) >= 11 is 0. The lowest BCUT2D eigenvalue weighted by atomic mass is 10.1. The fourth-order valence-corrected chi connectivity index (χ4v) is 2.17. The Morgan fingerprint density at radius 2 is 1.81 bits per heavy atom. The van der Waals surface area contributed by atoms with E-state index < -0.39 is 0 Å². The zero-order valence-electron chi connectivity index (χ0n) is 10.5. The van der Waals surface area contributed by atoms with Crippen LogP contribution in [0.2, 0.25) is 0 Å². The van der Waals surface area contributed by atoms with Gasteiger partial charge in [-0.3, -0.25) is 0 Å². The van der Waals surface area contributed by atoms with Crippen molar-refractivity contribution in [2.24, 2.45) is 11.8 Å². The molecule has 0 radical (unpaired) electrons. The van der Waals surface area contributed by atoms with Gasteiger partial charge in [0, 0.05) is 6.54 Å². The van der Waals surface area contributed by atoms with Crippen LogP contribution in [0.1, 0.15) is 37.8 Å². The molecule has 88 valence electrons. The minimum Gasteiger partial charge on any atom is -0.312 e. The van der Waals surface area contributed by atoms with Crippen LogP contribution in [0.4, 0.5) is 0 Å². The molecule has 0 heterocycles. The average Bonchev–Trinajstić information content (AvgIpc) is 3.14. The molecule has 0 aromatic heterocycles. The largest absolute Gasteiger partial charge is 0.312 e. The SMILES string of the molecule is CCc1ccc(CNCC(C)C2CC2)cc1. The van der Waals surface area contributed by atoms with Gasteiger partial charge in [0.15, 0.2) is 0 Å². The first-order valence-electron chi connectivity index (χ1n) is 6.58. The molecule has 1 aliphatic carbocycles. The van der Waals surface area contributed by atoms with Crippen LogP contribution >= 0.6 is 0 Å². The van der Waals surface area contributed by atoms with Gasteiger partial charge in [0.25, 0.3) is 0 Å². The lowest BCUT2D eigenvalue weighted by Gasteiger charge is -2.11. The van der Waals surface area contributed by atoms with Gasteiger partial charge in [-0.1, -0.05) is 38.1 Å². The highest BCUT2D eigenvalue weighted by Crippen LogP contribution is 2.36. The van der Waals surface area contributed by atoms with Gasteiger partial charge in [-0.25, -0.2) is 0 Å². The Hall–Kier alpha value is -0.820. The third-order valence-corrected chi connectivity index (χ3v) is 3.65. The van der Waals surface area contributed by atoms with Crippen LogP contribution in [-0.4, -0.2) is 6.54 Å². The predicted octanol–water partition coefficient (Wildman–Crippen LogP) is 3.38. The van der Waals surface area contributed by atoms with Crippen molar-refractivity contribution < 1.29 is 0 Å². The first-order chi connectivity index (χ1) is 7.79. The Bertz CT molecular complexity index is 311. The van der Waals surface area contributed by atoms with Gasteiger partial charge in [0.05, 0.1) is 0 Å². The molecule has 0 bridgehead atoms. The smallest absolute Gasteiger partial charge is 0.0205 e. The summed E-state index contributed by atoms with van der Waals surface area (Å²) < 4.78 is 0. The molecule has 2 rings (SSSR count). The second kappa shape index (κ2) is 5.49. The maximum Gasteiger partial charge on any atom is 0.0205 e. The van der Waals surface area contributed by atoms with Crippen LogP contribution in [0.3, 0.4) is 0 Å². The van der Waals surface area contributed by atoms with Crippen molar-refractivity contribution in [1.29, 1.82) is 0 Å². The molecule has 1 nitrogen and oxygen atoms in total. The maximum atomic E-state index is 3.56. The van der Waals surface area contributed by atoms with Gasteiger partial charge in [-0.15, -0.1) is 0 Å². The van der Waals surface area contributed by atoms with Crippen molar-refractivity contribution in [3.8, 4) is 0 Å². The number of aryl methyl sites for hydroxylation is 1. The van der Waals surface area contributed by atoms with E-state index in [9.17, 15) is 0 Å². The van der Waals surface area contributed by atoms with Crippen molar-refractivity contribution in [2.75, 3.05) is 6.54 Å². The highest BCUT2D eigenvalue weighted by atomic mass is 14.9. The second-order valence-electron chi connectivity index (χ2n) is 5.12. The highest BCUT2D eigenvalue weighted by Gasteiger charge is 2.27. The van der Waals surface area contributed by atoms with E-state index in [2.05, 4.69) is 43.4 Å². The molecular formula is C15H23N. The number of hydrogen-bond donors (Lipinski definition) is 1. The normalized spacial score (nSPS) is 17.4. The quantitative estimate of drug-likeness (QED) is 0.770. The van der Waals surface area contributed by atoms with Crippen molar-refractivity contribution in [3.63, 3.8) is 0 Å². The van der Waals surface area contributed by atoms with E-state index in [0.29, 0.717) is 0 Å². The van der Waals surface area contributed by atoms with E-state index in [1.807, 2.05) is 0 Å². The van der Waals surface area contributed by atoms with Crippen LogP contribution in [-0.2, 0) is 13.0 Å². The maximum absolute atomic E-state index is 3.56.